The topological polar surface area (TPSA) is 97.4 Å². The summed E-state index contributed by atoms with van der Waals surface area (Å²) in [6.45, 7) is 4.06. The van der Waals surface area contributed by atoms with Crippen molar-refractivity contribution < 1.29 is 27.4 Å². The zero-order valence-corrected chi connectivity index (χ0v) is 20.6. The Balaban J connectivity index is 1.72. The molecule has 34 heavy (non-hydrogen) atoms. The Morgan fingerprint density at radius 2 is 1.76 bits per heavy atom. The number of carbonyl (C=O) groups excluding carboxylic acids is 1. The Bertz CT molecular complexity index is 1030. The molecule has 0 atom stereocenters. The van der Waals surface area contributed by atoms with Crippen LogP contribution in [-0.4, -0.2) is 90.2 Å². The number of amides is 1. The number of rotatable bonds is 12. The number of nitrogens with one attached hydrogen (secondary N) is 1. The molecule has 0 aromatic heterocycles. The van der Waals surface area contributed by atoms with Crippen molar-refractivity contribution in [2.45, 2.75) is 11.3 Å². The monoisotopic (exact) mass is 491 g/mol. The normalized spacial score (nSPS) is 14.7. The van der Waals surface area contributed by atoms with Crippen LogP contribution in [-0.2, 0) is 26.0 Å². The van der Waals surface area contributed by atoms with Crippen LogP contribution in [0.25, 0.3) is 0 Å². The predicted molar refractivity (Wildman–Crippen MR) is 129 cm³/mol. The first kappa shape index (κ1) is 26.0. The van der Waals surface area contributed by atoms with E-state index in [1.165, 1.54) is 30.7 Å². The molecule has 0 radical (unpaired) electrons. The predicted octanol–water partition coefficient (Wildman–Crippen LogP) is 1.39. The standard InChI is InChI=1S/C24H33N3O6S/c1-31-22-9-8-21(18-23(22)32-2)34(29,30)27(12-10-20-6-4-3-5-7-20)19-24(28)25-11-13-26-14-16-33-17-15-26/h3-9,18H,10-17,19H2,1-2H3,(H,25,28). The number of hydrogen-bond donors (Lipinski definition) is 1. The van der Waals surface area contributed by atoms with Crippen LogP contribution in [0.15, 0.2) is 53.4 Å². The highest BCUT2D eigenvalue weighted by Gasteiger charge is 2.27. The van der Waals surface area contributed by atoms with Crippen molar-refractivity contribution >= 4 is 15.9 Å². The summed E-state index contributed by atoms with van der Waals surface area (Å²) < 4.78 is 44.1. The van der Waals surface area contributed by atoms with Gasteiger partial charge < -0.3 is 19.5 Å². The SMILES string of the molecule is COc1ccc(S(=O)(=O)N(CCc2ccccc2)CC(=O)NCCN2CCOCC2)cc1OC. The van der Waals surface area contributed by atoms with Gasteiger partial charge in [-0.05, 0) is 24.1 Å². The molecule has 1 N–H and O–H groups in total. The summed E-state index contributed by atoms with van der Waals surface area (Å²) in [4.78, 5) is 14.9. The fraction of sp³-hybridized carbons (Fsp3) is 0.458. The van der Waals surface area contributed by atoms with Gasteiger partial charge >= 0.3 is 0 Å². The maximum atomic E-state index is 13.5. The summed E-state index contributed by atoms with van der Waals surface area (Å²) in [5, 5.41) is 2.85. The van der Waals surface area contributed by atoms with E-state index >= 15 is 0 Å². The highest BCUT2D eigenvalue weighted by atomic mass is 32.2. The minimum Gasteiger partial charge on any atom is -0.493 e. The van der Waals surface area contributed by atoms with Crippen LogP contribution < -0.4 is 14.8 Å². The Kier molecular flexibility index (Phi) is 9.70. The third-order valence-electron chi connectivity index (χ3n) is 5.66. The molecule has 1 heterocycles. The van der Waals surface area contributed by atoms with Crippen LogP contribution in [0.3, 0.4) is 0 Å². The van der Waals surface area contributed by atoms with Gasteiger partial charge in [-0.3, -0.25) is 9.69 Å². The van der Waals surface area contributed by atoms with Gasteiger partial charge in [-0.25, -0.2) is 8.42 Å². The summed E-state index contributed by atoms with van der Waals surface area (Å²) in [5.41, 5.74) is 0.989. The molecule has 0 unspecified atom stereocenters. The molecule has 2 aromatic rings. The van der Waals surface area contributed by atoms with E-state index in [4.69, 9.17) is 14.2 Å². The molecule has 1 amide bonds. The van der Waals surface area contributed by atoms with Crippen LogP contribution in [0.5, 0.6) is 11.5 Å². The summed E-state index contributed by atoms with van der Waals surface area (Å²) in [5.74, 6) is 0.394. The molecular weight excluding hydrogens is 458 g/mol. The number of methoxy groups -OCH3 is 2. The van der Waals surface area contributed by atoms with Crippen LogP contribution in [0, 0.1) is 0 Å². The van der Waals surface area contributed by atoms with Crippen LogP contribution >= 0.6 is 0 Å². The molecule has 0 aliphatic carbocycles. The summed E-state index contributed by atoms with van der Waals surface area (Å²) >= 11 is 0. The van der Waals surface area contributed by atoms with Gasteiger partial charge in [0.05, 0.1) is 38.9 Å². The summed E-state index contributed by atoms with van der Waals surface area (Å²) in [6.07, 6.45) is 0.481. The van der Waals surface area contributed by atoms with E-state index in [1.54, 1.807) is 6.07 Å². The lowest BCUT2D eigenvalue weighted by Gasteiger charge is -2.27. The molecule has 0 bridgehead atoms. The van der Waals surface area contributed by atoms with Gasteiger partial charge in [0, 0.05) is 38.8 Å². The van der Waals surface area contributed by atoms with Gasteiger partial charge in [-0.1, -0.05) is 30.3 Å². The van der Waals surface area contributed by atoms with Crippen molar-refractivity contribution in [3.05, 3.63) is 54.1 Å². The maximum absolute atomic E-state index is 13.5. The van der Waals surface area contributed by atoms with E-state index in [1.807, 2.05) is 30.3 Å². The molecule has 9 nitrogen and oxygen atoms in total. The van der Waals surface area contributed by atoms with Crippen molar-refractivity contribution in [1.29, 1.82) is 0 Å². The second-order valence-electron chi connectivity index (χ2n) is 7.89. The minimum absolute atomic E-state index is 0.0410. The molecular formula is C24H33N3O6S. The van der Waals surface area contributed by atoms with Gasteiger partial charge in [0.15, 0.2) is 11.5 Å². The number of sulfonamides is 1. The van der Waals surface area contributed by atoms with Gasteiger partial charge in [0.1, 0.15) is 0 Å². The molecule has 10 heteroatoms. The van der Waals surface area contributed by atoms with Crippen molar-refractivity contribution in [2.24, 2.45) is 0 Å². The summed E-state index contributed by atoms with van der Waals surface area (Å²) in [6, 6.07) is 14.0. The first-order valence-corrected chi connectivity index (χ1v) is 12.7. The zero-order chi connectivity index (χ0) is 24.4. The number of carbonyl (C=O) groups is 1. The van der Waals surface area contributed by atoms with Crippen LogP contribution in [0.1, 0.15) is 5.56 Å². The largest absolute Gasteiger partial charge is 0.493 e. The van der Waals surface area contributed by atoms with Crippen molar-refractivity contribution in [3.8, 4) is 11.5 Å². The second kappa shape index (κ2) is 12.7. The van der Waals surface area contributed by atoms with E-state index in [9.17, 15) is 13.2 Å². The third-order valence-corrected chi connectivity index (χ3v) is 7.50. The lowest BCUT2D eigenvalue weighted by Crippen LogP contribution is -2.45. The van der Waals surface area contributed by atoms with Crippen LogP contribution in [0.2, 0.25) is 0 Å². The van der Waals surface area contributed by atoms with E-state index < -0.39 is 10.0 Å². The molecule has 1 aliphatic heterocycles. The van der Waals surface area contributed by atoms with Gasteiger partial charge in [0.2, 0.25) is 15.9 Å². The number of nitrogens with zero attached hydrogens (tertiary/aromatic N) is 2. The molecule has 186 valence electrons. The maximum Gasteiger partial charge on any atom is 0.243 e. The zero-order valence-electron chi connectivity index (χ0n) is 19.7. The first-order chi connectivity index (χ1) is 16.4. The molecule has 1 aliphatic rings. The fourth-order valence-electron chi connectivity index (χ4n) is 3.70. The van der Waals surface area contributed by atoms with Crippen molar-refractivity contribution in [3.63, 3.8) is 0 Å². The van der Waals surface area contributed by atoms with Crippen molar-refractivity contribution in [2.75, 3.05) is 66.7 Å². The summed E-state index contributed by atoms with van der Waals surface area (Å²) in [7, 11) is -1.03. The van der Waals surface area contributed by atoms with Gasteiger partial charge in [0.25, 0.3) is 0 Å². The molecule has 3 rings (SSSR count). The lowest BCUT2D eigenvalue weighted by molar-refractivity contribution is -0.121. The van der Waals surface area contributed by atoms with E-state index in [-0.39, 0.29) is 23.9 Å². The number of ether oxygens (including phenoxy) is 3. The average Bonchev–Trinajstić information content (AvgIpc) is 2.87. The van der Waals surface area contributed by atoms with E-state index in [0.29, 0.717) is 44.2 Å². The molecule has 0 saturated carbocycles. The van der Waals surface area contributed by atoms with Crippen LogP contribution in [0.4, 0.5) is 0 Å². The Hall–Kier alpha value is -2.66. The Morgan fingerprint density at radius 3 is 2.44 bits per heavy atom. The molecule has 1 fully saturated rings. The highest BCUT2D eigenvalue weighted by molar-refractivity contribution is 7.89. The number of benzene rings is 2. The van der Waals surface area contributed by atoms with Gasteiger partial charge in [-0.15, -0.1) is 0 Å². The Morgan fingerprint density at radius 1 is 1.06 bits per heavy atom. The smallest absolute Gasteiger partial charge is 0.243 e. The second-order valence-corrected chi connectivity index (χ2v) is 9.83. The average molecular weight is 492 g/mol. The molecule has 1 saturated heterocycles. The molecule has 0 spiro atoms. The Labute approximate surface area is 201 Å². The third kappa shape index (κ3) is 7.17. The van der Waals surface area contributed by atoms with Gasteiger partial charge in [-0.2, -0.15) is 4.31 Å². The lowest BCUT2D eigenvalue weighted by atomic mass is 10.1. The van der Waals surface area contributed by atoms with E-state index in [0.717, 1.165) is 18.7 Å². The highest BCUT2D eigenvalue weighted by Crippen LogP contribution is 2.30. The van der Waals surface area contributed by atoms with Crippen molar-refractivity contribution in [1.82, 2.24) is 14.5 Å². The minimum atomic E-state index is -3.96. The fourth-order valence-corrected chi connectivity index (χ4v) is 5.12. The quantitative estimate of drug-likeness (QED) is 0.479. The number of morpholine rings is 1. The van der Waals surface area contributed by atoms with E-state index in [2.05, 4.69) is 10.2 Å². The first-order valence-electron chi connectivity index (χ1n) is 11.3. The number of hydrogen-bond acceptors (Lipinski definition) is 7. The molecule has 2 aromatic carbocycles.